The number of fused-ring (bicyclic) bond motifs is 2. The predicted octanol–water partition coefficient (Wildman–Crippen LogP) is -0.501. The van der Waals surface area contributed by atoms with Crippen LogP contribution in [0.2, 0.25) is 0 Å². The summed E-state index contributed by atoms with van der Waals surface area (Å²) in [6, 6.07) is 0. The molecule has 0 spiro atoms. The molecule has 0 radical (unpaired) electrons. The van der Waals surface area contributed by atoms with Crippen molar-refractivity contribution in [1.29, 1.82) is 0 Å². The lowest BCUT2D eigenvalue weighted by Crippen LogP contribution is -2.39. The molecular formula is C9H14N4. The summed E-state index contributed by atoms with van der Waals surface area (Å²) in [4.78, 5) is 0. The first kappa shape index (κ1) is 7.26. The zero-order chi connectivity index (χ0) is 8.67. The zero-order valence-corrected chi connectivity index (χ0v) is 7.56. The van der Waals surface area contributed by atoms with E-state index >= 15 is 0 Å². The van der Waals surface area contributed by atoms with Crippen molar-refractivity contribution in [2.75, 3.05) is 26.2 Å². The van der Waals surface area contributed by atoms with Gasteiger partial charge in [0.25, 0.3) is 0 Å². The highest BCUT2D eigenvalue weighted by molar-refractivity contribution is 5.41. The molecule has 13 heavy (non-hydrogen) atoms. The minimum atomic E-state index is 1.01. The molecule has 0 fully saturated rings. The van der Waals surface area contributed by atoms with Crippen LogP contribution >= 0.6 is 0 Å². The number of hydrazine groups is 1. The average Bonchev–Trinajstić information content (AvgIpc) is 2.56. The van der Waals surface area contributed by atoms with Crippen molar-refractivity contribution >= 4 is 0 Å². The fraction of sp³-hybridized carbons (Fsp3) is 0.556. The monoisotopic (exact) mass is 178 g/mol. The van der Waals surface area contributed by atoms with Gasteiger partial charge < -0.3 is 16.1 Å². The molecule has 3 rings (SSSR count). The van der Waals surface area contributed by atoms with Crippen molar-refractivity contribution in [2.45, 2.75) is 6.42 Å². The minimum Gasteiger partial charge on any atom is -0.387 e. The van der Waals surface area contributed by atoms with E-state index in [0.717, 1.165) is 32.6 Å². The molecular weight excluding hydrogens is 164 g/mol. The van der Waals surface area contributed by atoms with Crippen molar-refractivity contribution in [3.63, 3.8) is 0 Å². The number of hydrogen-bond donors (Lipinski definition) is 3. The van der Waals surface area contributed by atoms with Crippen LogP contribution in [0.4, 0.5) is 0 Å². The van der Waals surface area contributed by atoms with Crippen molar-refractivity contribution in [2.24, 2.45) is 0 Å². The third-order valence-electron chi connectivity index (χ3n) is 2.81. The Morgan fingerprint density at radius 3 is 3.31 bits per heavy atom. The van der Waals surface area contributed by atoms with Crippen LogP contribution < -0.4 is 16.1 Å². The molecule has 3 aliphatic rings. The van der Waals surface area contributed by atoms with Gasteiger partial charge in [0.1, 0.15) is 0 Å². The Hall–Kier alpha value is -1.16. The molecule has 0 aromatic carbocycles. The Balaban J connectivity index is 1.96. The van der Waals surface area contributed by atoms with Crippen LogP contribution in [0.25, 0.3) is 0 Å². The van der Waals surface area contributed by atoms with Gasteiger partial charge in [-0.3, -0.25) is 5.01 Å². The lowest BCUT2D eigenvalue weighted by Gasteiger charge is -2.25. The molecule has 4 nitrogen and oxygen atoms in total. The molecule has 3 aliphatic heterocycles. The highest BCUT2D eigenvalue weighted by Gasteiger charge is 2.28. The second-order valence-corrected chi connectivity index (χ2v) is 3.63. The highest BCUT2D eigenvalue weighted by atomic mass is 15.5. The molecule has 0 unspecified atom stereocenters. The molecule has 0 aromatic heterocycles. The molecule has 0 amide bonds. The molecule has 0 bridgehead atoms. The fourth-order valence-electron chi connectivity index (χ4n) is 2.13. The van der Waals surface area contributed by atoms with Crippen LogP contribution in [0.15, 0.2) is 23.2 Å². The molecule has 70 valence electrons. The molecule has 0 aromatic rings. The van der Waals surface area contributed by atoms with Gasteiger partial charge in [0.05, 0.1) is 12.2 Å². The van der Waals surface area contributed by atoms with Gasteiger partial charge in [-0.05, 0) is 0 Å². The Morgan fingerprint density at radius 2 is 2.31 bits per heavy atom. The van der Waals surface area contributed by atoms with Crippen molar-refractivity contribution in [3.05, 3.63) is 23.2 Å². The van der Waals surface area contributed by atoms with E-state index in [1.807, 2.05) is 0 Å². The normalized spacial score (nSPS) is 25.8. The van der Waals surface area contributed by atoms with E-state index in [1.54, 1.807) is 0 Å². The predicted molar refractivity (Wildman–Crippen MR) is 50.4 cm³/mol. The van der Waals surface area contributed by atoms with Gasteiger partial charge in [-0.25, -0.2) is 0 Å². The Bertz CT molecular complexity index is 292. The molecule has 3 heterocycles. The smallest absolute Gasteiger partial charge is 0.0792 e. The van der Waals surface area contributed by atoms with Crippen LogP contribution in [0.5, 0.6) is 0 Å². The fourth-order valence-corrected chi connectivity index (χ4v) is 2.13. The largest absolute Gasteiger partial charge is 0.387 e. The number of rotatable bonds is 0. The Kier molecular flexibility index (Phi) is 1.49. The van der Waals surface area contributed by atoms with E-state index in [9.17, 15) is 0 Å². The first-order chi connectivity index (χ1) is 6.45. The van der Waals surface area contributed by atoms with Crippen LogP contribution in [-0.2, 0) is 0 Å². The molecule has 0 saturated heterocycles. The van der Waals surface area contributed by atoms with Gasteiger partial charge in [-0.15, -0.1) is 0 Å². The zero-order valence-electron chi connectivity index (χ0n) is 7.56. The Labute approximate surface area is 77.6 Å². The first-order valence-corrected chi connectivity index (χ1v) is 4.86. The Morgan fingerprint density at radius 1 is 1.31 bits per heavy atom. The van der Waals surface area contributed by atoms with Gasteiger partial charge >= 0.3 is 0 Å². The lowest BCUT2D eigenvalue weighted by molar-refractivity contribution is 0.288. The average molecular weight is 178 g/mol. The second kappa shape index (κ2) is 2.67. The van der Waals surface area contributed by atoms with E-state index in [4.69, 9.17) is 0 Å². The summed E-state index contributed by atoms with van der Waals surface area (Å²) in [5.41, 5.74) is 7.64. The number of hydrogen-bond acceptors (Lipinski definition) is 4. The summed E-state index contributed by atoms with van der Waals surface area (Å²) in [7, 11) is 0. The summed E-state index contributed by atoms with van der Waals surface area (Å²) in [6.45, 7) is 4.19. The number of nitrogens with one attached hydrogen (secondary N) is 3. The van der Waals surface area contributed by atoms with Crippen molar-refractivity contribution in [1.82, 2.24) is 21.1 Å². The summed E-state index contributed by atoms with van der Waals surface area (Å²) >= 11 is 0. The van der Waals surface area contributed by atoms with Crippen LogP contribution in [0.3, 0.4) is 0 Å². The molecule has 3 N–H and O–H groups in total. The van der Waals surface area contributed by atoms with Crippen LogP contribution in [-0.4, -0.2) is 31.2 Å². The molecule has 0 atom stereocenters. The van der Waals surface area contributed by atoms with Crippen molar-refractivity contribution < 1.29 is 0 Å². The SMILES string of the molecule is C1=C2C3=C(CCNC3)NN2CCN1. The third kappa shape index (κ3) is 1.02. The van der Waals surface area contributed by atoms with E-state index in [0.29, 0.717) is 0 Å². The third-order valence-corrected chi connectivity index (χ3v) is 2.81. The summed E-state index contributed by atoms with van der Waals surface area (Å²) < 4.78 is 0. The standard InChI is InChI=1S/C9H14N4/c1-2-10-5-7-8(1)12-13-4-3-11-6-9(7)13/h6,10-12H,1-5H2. The van der Waals surface area contributed by atoms with E-state index in [-0.39, 0.29) is 0 Å². The second-order valence-electron chi connectivity index (χ2n) is 3.63. The van der Waals surface area contributed by atoms with Crippen LogP contribution in [0, 0.1) is 0 Å². The van der Waals surface area contributed by atoms with Gasteiger partial charge in [0, 0.05) is 43.5 Å². The maximum Gasteiger partial charge on any atom is 0.0792 e. The first-order valence-electron chi connectivity index (χ1n) is 4.86. The summed E-state index contributed by atoms with van der Waals surface area (Å²) in [6.07, 6.45) is 3.25. The van der Waals surface area contributed by atoms with E-state index < -0.39 is 0 Å². The highest BCUT2D eigenvalue weighted by Crippen LogP contribution is 2.27. The van der Waals surface area contributed by atoms with E-state index in [1.165, 1.54) is 17.0 Å². The topological polar surface area (TPSA) is 39.3 Å². The summed E-state index contributed by atoms with van der Waals surface area (Å²) in [5, 5.41) is 8.92. The quantitative estimate of drug-likeness (QED) is 0.467. The minimum absolute atomic E-state index is 1.01. The van der Waals surface area contributed by atoms with Gasteiger partial charge in [0.2, 0.25) is 0 Å². The molecule has 0 aliphatic carbocycles. The maximum absolute atomic E-state index is 3.46. The molecule has 4 heteroatoms. The van der Waals surface area contributed by atoms with Gasteiger partial charge in [-0.2, -0.15) is 0 Å². The lowest BCUT2D eigenvalue weighted by atomic mass is 10.1. The van der Waals surface area contributed by atoms with Gasteiger partial charge in [-0.1, -0.05) is 0 Å². The maximum atomic E-state index is 3.46. The summed E-state index contributed by atoms with van der Waals surface area (Å²) in [5.74, 6) is 0. The van der Waals surface area contributed by atoms with Crippen molar-refractivity contribution in [3.8, 4) is 0 Å². The molecule has 0 saturated carbocycles. The number of nitrogens with zero attached hydrogens (tertiary/aromatic N) is 1. The van der Waals surface area contributed by atoms with Gasteiger partial charge in [0.15, 0.2) is 0 Å². The van der Waals surface area contributed by atoms with E-state index in [2.05, 4.69) is 27.3 Å². The van der Waals surface area contributed by atoms with Crippen LogP contribution in [0.1, 0.15) is 6.42 Å².